The first-order valence-corrected chi connectivity index (χ1v) is 12.8. The number of carboxylic acid groups (broad SMARTS) is 1. The lowest BCUT2D eigenvalue weighted by atomic mass is 9.93. The van der Waals surface area contributed by atoms with Crippen LogP contribution in [0, 0.1) is 5.92 Å². The lowest BCUT2D eigenvalue weighted by molar-refractivity contribution is 0.0694. The van der Waals surface area contributed by atoms with Gasteiger partial charge < -0.3 is 14.6 Å². The van der Waals surface area contributed by atoms with Gasteiger partial charge in [-0.2, -0.15) is 0 Å². The molecule has 2 aliphatic heterocycles. The van der Waals surface area contributed by atoms with Gasteiger partial charge in [-0.15, -0.1) is 0 Å². The van der Waals surface area contributed by atoms with Crippen molar-refractivity contribution in [2.45, 2.75) is 50.3 Å². The standard InChI is InChI=1S/C23H24N2O7S/c26-19-10-18-21-14(9-20(22-16(21)6-8-32-22)31-7-5-13-1-2-13)11-25(33(29,30)15-3-4-15)24(18)12-17(19)23(27)28/h9-10,12-13,15H,1-8,11H2,(H,27,28). The van der Waals surface area contributed by atoms with E-state index in [2.05, 4.69) is 0 Å². The SMILES string of the molecule is O=C(O)c1cn2c(cc1=O)-c1c(cc(OCCC3CC3)c3c1CCO3)CN2S(=O)(=O)C1CC1. The first-order valence-electron chi connectivity index (χ1n) is 11.3. The van der Waals surface area contributed by atoms with Crippen molar-refractivity contribution in [3.63, 3.8) is 0 Å². The fourth-order valence-electron chi connectivity index (χ4n) is 4.72. The van der Waals surface area contributed by atoms with Crippen molar-refractivity contribution in [2.75, 3.05) is 17.6 Å². The van der Waals surface area contributed by atoms with Gasteiger partial charge in [0.15, 0.2) is 16.9 Å². The number of hydrogen-bond donors (Lipinski definition) is 1. The molecule has 4 aliphatic rings. The quantitative estimate of drug-likeness (QED) is 0.657. The monoisotopic (exact) mass is 472 g/mol. The van der Waals surface area contributed by atoms with E-state index in [0.29, 0.717) is 49.7 Å². The second-order valence-electron chi connectivity index (χ2n) is 9.21. The summed E-state index contributed by atoms with van der Waals surface area (Å²) in [5.74, 6) is 0.559. The van der Waals surface area contributed by atoms with Crippen LogP contribution in [0.3, 0.4) is 0 Å². The first kappa shape index (κ1) is 20.6. The van der Waals surface area contributed by atoms with Crippen LogP contribution in [0.1, 0.15) is 53.6 Å². The molecule has 0 spiro atoms. The van der Waals surface area contributed by atoms with E-state index in [4.69, 9.17) is 9.47 Å². The predicted molar refractivity (Wildman–Crippen MR) is 119 cm³/mol. The van der Waals surface area contributed by atoms with E-state index in [1.54, 1.807) is 0 Å². The normalized spacial score (nSPS) is 18.8. The van der Waals surface area contributed by atoms with Gasteiger partial charge in [0.05, 0.1) is 30.7 Å². The predicted octanol–water partition coefficient (Wildman–Crippen LogP) is 2.27. The molecule has 1 aromatic heterocycles. The summed E-state index contributed by atoms with van der Waals surface area (Å²) in [5, 5.41) is 8.98. The Labute approximate surface area is 190 Å². The van der Waals surface area contributed by atoms with Gasteiger partial charge in [-0.3, -0.25) is 4.79 Å². The van der Waals surface area contributed by atoms with Gasteiger partial charge in [0.25, 0.3) is 10.0 Å². The number of pyridine rings is 1. The molecule has 2 aromatic rings. The maximum Gasteiger partial charge on any atom is 0.341 e. The molecular weight excluding hydrogens is 448 g/mol. The average molecular weight is 473 g/mol. The zero-order valence-corrected chi connectivity index (χ0v) is 18.8. The summed E-state index contributed by atoms with van der Waals surface area (Å²) in [5.41, 5.74) is 1.56. The number of fused-ring (bicyclic) bond motifs is 5. The van der Waals surface area contributed by atoms with Crippen molar-refractivity contribution < 1.29 is 27.8 Å². The maximum absolute atomic E-state index is 13.3. The van der Waals surface area contributed by atoms with Crippen LogP contribution in [-0.4, -0.2) is 42.6 Å². The van der Waals surface area contributed by atoms with Gasteiger partial charge in [0, 0.05) is 29.8 Å². The van der Waals surface area contributed by atoms with E-state index >= 15 is 0 Å². The molecule has 9 nitrogen and oxygen atoms in total. The summed E-state index contributed by atoms with van der Waals surface area (Å²) in [4.78, 5) is 24.2. The van der Waals surface area contributed by atoms with Crippen molar-refractivity contribution in [1.29, 1.82) is 0 Å². The number of carbonyl (C=O) groups is 1. The highest BCUT2D eigenvalue weighted by Crippen LogP contribution is 2.47. The minimum atomic E-state index is -3.72. The Morgan fingerprint density at radius 1 is 1.21 bits per heavy atom. The molecule has 0 saturated heterocycles. The second-order valence-corrected chi connectivity index (χ2v) is 11.3. The molecule has 2 saturated carbocycles. The van der Waals surface area contributed by atoms with E-state index in [9.17, 15) is 23.1 Å². The molecule has 1 aromatic carbocycles. The first-order chi connectivity index (χ1) is 15.8. The molecule has 2 aliphatic carbocycles. The summed E-state index contributed by atoms with van der Waals surface area (Å²) in [6.07, 6.45) is 6.32. The summed E-state index contributed by atoms with van der Waals surface area (Å²) >= 11 is 0. The van der Waals surface area contributed by atoms with Crippen LogP contribution < -0.4 is 19.3 Å². The lowest BCUT2D eigenvalue weighted by Crippen LogP contribution is -2.45. The number of rotatable bonds is 7. The Kier molecular flexibility index (Phi) is 4.52. The Hall–Kier alpha value is -3.01. The summed E-state index contributed by atoms with van der Waals surface area (Å²) < 4.78 is 41.0. The minimum Gasteiger partial charge on any atom is -0.490 e. The van der Waals surface area contributed by atoms with Gasteiger partial charge in [0.1, 0.15) is 5.56 Å². The number of ether oxygens (including phenoxy) is 2. The van der Waals surface area contributed by atoms with Crippen LogP contribution in [-0.2, 0) is 23.0 Å². The fraction of sp³-hybridized carbons (Fsp3) is 0.478. The molecule has 0 unspecified atom stereocenters. The molecule has 2 fully saturated rings. The van der Waals surface area contributed by atoms with Crippen molar-refractivity contribution in [1.82, 2.24) is 4.68 Å². The van der Waals surface area contributed by atoms with E-state index in [1.165, 1.54) is 28.0 Å². The Bertz CT molecular complexity index is 1340. The largest absolute Gasteiger partial charge is 0.490 e. The van der Waals surface area contributed by atoms with Crippen LogP contribution in [0.2, 0.25) is 0 Å². The average Bonchev–Trinajstić information content (AvgIpc) is 3.70. The number of aromatic nitrogens is 1. The molecule has 6 rings (SSSR count). The smallest absolute Gasteiger partial charge is 0.341 e. The van der Waals surface area contributed by atoms with Gasteiger partial charge >= 0.3 is 5.97 Å². The zero-order valence-electron chi connectivity index (χ0n) is 18.0. The van der Waals surface area contributed by atoms with E-state index < -0.39 is 32.2 Å². The minimum absolute atomic E-state index is 0.0371. The van der Waals surface area contributed by atoms with Gasteiger partial charge in [0.2, 0.25) is 0 Å². The highest BCUT2D eigenvalue weighted by atomic mass is 32.2. The van der Waals surface area contributed by atoms with Crippen LogP contribution in [0.15, 0.2) is 23.1 Å². The topological polar surface area (TPSA) is 115 Å². The number of aromatic carboxylic acids is 1. The van der Waals surface area contributed by atoms with Crippen molar-refractivity contribution >= 4 is 16.0 Å². The lowest BCUT2D eigenvalue weighted by Gasteiger charge is -2.35. The molecule has 0 atom stereocenters. The summed E-state index contributed by atoms with van der Waals surface area (Å²) in [6, 6.07) is 3.05. The molecule has 0 radical (unpaired) electrons. The second kappa shape index (κ2) is 7.24. The number of carboxylic acids is 1. The highest BCUT2D eigenvalue weighted by molar-refractivity contribution is 7.93. The van der Waals surface area contributed by atoms with Gasteiger partial charge in [-0.25, -0.2) is 22.3 Å². The Morgan fingerprint density at radius 2 is 2.00 bits per heavy atom. The van der Waals surface area contributed by atoms with Crippen LogP contribution >= 0.6 is 0 Å². The van der Waals surface area contributed by atoms with Crippen LogP contribution in [0.5, 0.6) is 11.5 Å². The van der Waals surface area contributed by atoms with Gasteiger partial charge in [-0.05, 0) is 36.8 Å². The molecule has 0 bridgehead atoms. The summed E-state index contributed by atoms with van der Waals surface area (Å²) in [6.45, 7) is 1.07. The van der Waals surface area contributed by atoms with Crippen molar-refractivity contribution in [2.24, 2.45) is 5.92 Å². The number of benzene rings is 1. The zero-order chi connectivity index (χ0) is 22.9. The number of hydrogen-bond acceptors (Lipinski definition) is 6. The molecule has 1 N–H and O–H groups in total. The maximum atomic E-state index is 13.3. The van der Waals surface area contributed by atoms with E-state index in [0.717, 1.165) is 35.2 Å². The molecule has 3 heterocycles. The van der Waals surface area contributed by atoms with Crippen molar-refractivity contribution in [3.05, 3.63) is 45.2 Å². The Balaban J connectivity index is 1.52. The van der Waals surface area contributed by atoms with Crippen LogP contribution in [0.4, 0.5) is 0 Å². The molecule has 0 amide bonds. The fourth-order valence-corrected chi connectivity index (χ4v) is 6.50. The number of nitrogens with zero attached hydrogens (tertiary/aromatic N) is 2. The third-order valence-corrected chi connectivity index (χ3v) is 9.01. The van der Waals surface area contributed by atoms with Crippen molar-refractivity contribution in [3.8, 4) is 22.8 Å². The number of sulfonamides is 1. The van der Waals surface area contributed by atoms with E-state index in [1.807, 2.05) is 6.07 Å². The third kappa shape index (κ3) is 3.38. The van der Waals surface area contributed by atoms with E-state index in [-0.39, 0.29) is 6.54 Å². The van der Waals surface area contributed by atoms with Gasteiger partial charge in [-0.1, -0.05) is 12.8 Å². The molecule has 174 valence electrons. The van der Waals surface area contributed by atoms with Crippen LogP contribution in [0.25, 0.3) is 11.3 Å². The Morgan fingerprint density at radius 3 is 2.70 bits per heavy atom. The molecular formula is C23H24N2O7S. The summed E-state index contributed by atoms with van der Waals surface area (Å²) in [7, 11) is -3.72. The molecule has 33 heavy (non-hydrogen) atoms. The molecule has 10 heteroatoms. The third-order valence-electron chi connectivity index (χ3n) is 6.81. The highest BCUT2D eigenvalue weighted by Gasteiger charge is 2.43.